The van der Waals surface area contributed by atoms with Crippen LogP contribution < -0.4 is 0 Å². The van der Waals surface area contributed by atoms with E-state index in [-0.39, 0.29) is 0 Å². The van der Waals surface area contributed by atoms with Crippen molar-refractivity contribution in [2.45, 2.75) is 90.9 Å². The van der Waals surface area contributed by atoms with Crippen molar-refractivity contribution in [3.05, 3.63) is 0 Å². The monoisotopic (exact) mass is 278 g/mol. The topological polar surface area (TPSA) is 17.1 Å². The summed E-state index contributed by atoms with van der Waals surface area (Å²) in [5.41, 5.74) is 0. The van der Waals surface area contributed by atoms with Crippen LogP contribution in [0, 0.1) is 23.7 Å². The van der Waals surface area contributed by atoms with E-state index in [4.69, 9.17) is 0 Å². The summed E-state index contributed by atoms with van der Waals surface area (Å²) >= 11 is 0. The molecule has 0 radical (unpaired) electrons. The molecule has 0 aromatic rings. The molecule has 2 fully saturated rings. The van der Waals surface area contributed by atoms with Crippen LogP contribution in [0.25, 0.3) is 0 Å². The largest absolute Gasteiger partial charge is 0.300 e. The van der Waals surface area contributed by atoms with Gasteiger partial charge >= 0.3 is 0 Å². The van der Waals surface area contributed by atoms with Crippen LogP contribution >= 0.6 is 0 Å². The molecule has 0 atom stereocenters. The number of ketones is 1. The van der Waals surface area contributed by atoms with Gasteiger partial charge in [-0.25, -0.2) is 0 Å². The molecule has 0 aromatic heterocycles. The molecular formula is C19H34O. The predicted molar refractivity (Wildman–Crippen MR) is 85.7 cm³/mol. The van der Waals surface area contributed by atoms with Crippen LogP contribution in [-0.4, -0.2) is 5.78 Å². The van der Waals surface area contributed by atoms with E-state index in [9.17, 15) is 4.79 Å². The van der Waals surface area contributed by atoms with E-state index >= 15 is 0 Å². The van der Waals surface area contributed by atoms with Crippen molar-refractivity contribution in [1.29, 1.82) is 0 Å². The average Bonchev–Trinajstić information content (AvgIpc) is 2.47. The highest BCUT2D eigenvalue weighted by Crippen LogP contribution is 2.35. The first-order valence-corrected chi connectivity index (χ1v) is 9.17. The molecule has 0 saturated heterocycles. The fourth-order valence-corrected chi connectivity index (χ4v) is 4.32. The smallest absolute Gasteiger partial charge is 0.133 e. The molecule has 0 heterocycles. The van der Waals surface area contributed by atoms with E-state index in [1.807, 2.05) is 0 Å². The number of carbonyl (C=O) groups is 1. The maximum Gasteiger partial charge on any atom is 0.133 e. The van der Waals surface area contributed by atoms with Gasteiger partial charge in [-0.15, -0.1) is 0 Å². The molecule has 0 N–H and O–H groups in total. The highest BCUT2D eigenvalue weighted by molar-refractivity contribution is 5.78. The Bertz CT molecular complexity index is 280. The van der Waals surface area contributed by atoms with Gasteiger partial charge in [-0.05, 0) is 55.8 Å². The van der Waals surface area contributed by atoms with Crippen LogP contribution in [0.1, 0.15) is 90.9 Å². The van der Waals surface area contributed by atoms with Gasteiger partial charge in [-0.3, -0.25) is 4.79 Å². The van der Waals surface area contributed by atoms with Crippen molar-refractivity contribution in [1.82, 2.24) is 0 Å². The van der Waals surface area contributed by atoms with Gasteiger partial charge in [0.1, 0.15) is 5.78 Å². The molecule has 2 aliphatic carbocycles. The van der Waals surface area contributed by atoms with E-state index in [0.29, 0.717) is 11.7 Å². The molecule has 0 aliphatic heterocycles. The van der Waals surface area contributed by atoms with Gasteiger partial charge in [0.05, 0.1) is 0 Å². The molecule has 0 spiro atoms. The Balaban J connectivity index is 1.60. The van der Waals surface area contributed by atoms with Crippen molar-refractivity contribution >= 4 is 5.78 Å². The molecule has 2 saturated carbocycles. The highest BCUT2D eigenvalue weighted by Gasteiger charge is 2.25. The maximum atomic E-state index is 12.2. The number of carbonyl (C=O) groups excluding carboxylic acids is 1. The zero-order chi connectivity index (χ0) is 14.4. The quantitative estimate of drug-likeness (QED) is 0.603. The molecule has 1 nitrogen and oxygen atoms in total. The Kier molecular flexibility index (Phi) is 6.58. The first kappa shape index (κ1) is 16.0. The second kappa shape index (κ2) is 8.20. The molecular weight excluding hydrogens is 244 g/mol. The molecule has 2 rings (SSSR count). The number of Topliss-reactive ketones (excluding diaryl/α,β-unsaturated/α-hetero) is 1. The Morgan fingerprint density at radius 2 is 1.55 bits per heavy atom. The van der Waals surface area contributed by atoms with Crippen molar-refractivity contribution < 1.29 is 4.79 Å². The SMILES string of the molecule is CC(C)C1CCC(CC(=O)CCC2CCCCC2)CC1. The van der Waals surface area contributed by atoms with E-state index < -0.39 is 0 Å². The molecule has 116 valence electrons. The first-order valence-electron chi connectivity index (χ1n) is 9.17. The Morgan fingerprint density at radius 3 is 2.15 bits per heavy atom. The lowest BCUT2D eigenvalue weighted by molar-refractivity contribution is -0.120. The predicted octanol–water partition coefficient (Wildman–Crippen LogP) is 5.77. The van der Waals surface area contributed by atoms with E-state index in [0.717, 1.165) is 30.6 Å². The van der Waals surface area contributed by atoms with Crippen LogP contribution in [0.2, 0.25) is 0 Å². The van der Waals surface area contributed by atoms with Crippen molar-refractivity contribution in [2.24, 2.45) is 23.7 Å². The summed E-state index contributed by atoms with van der Waals surface area (Å²) in [6, 6.07) is 0. The zero-order valence-corrected chi connectivity index (χ0v) is 13.7. The lowest BCUT2D eigenvalue weighted by Gasteiger charge is -2.30. The fourth-order valence-electron chi connectivity index (χ4n) is 4.32. The van der Waals surface area contributed by atoms with Crippen LogP contribution in [0.3, 0.4) is 0 Å². The van der Waals surface area contributed by atoms with Gasteiger partial charge in [-0.1, -0.05) is 46.0 Å². The standard InChI is InChI=1S/C19H34O/c1-15(2)18-11-8-17(9-12-18)14-19(20)13-10-16-6-4-3-5-7-16/h15-18H,3-14H2,1-2H3. The minimum atomic E-state index is 0.559. The second-order valence-electron chi connectivity index (χ2n) is 7.81. The lowest BCUT2D eigenvalue weighted by atomic mass is 9.75. The fraction of sp³-hybridized carbons (Fsp3) is 0.947. The van der Waals surface area contributed by atoms with Gasteiger partial charge in [0.2, 0.25) is 0 Å². The van der Waals surface area contributed by atoms with Crippen molar-refractivity contribution in [2.75, 3.05) is 0 Å². The number of hydrogen-bond donors (Lipinski definition) is 0. The van der Waals surface area contributed by atoms with E-state index in [1.54, 1.807) is 0 Å². The van der Waals surface area contributed by atoms with Gasteiger partial charge in [0, 0.05) is 12.8 Å². The molecule has 20 heavy (non-hydrogen) atoms. The van der Waals surface area contributed by atoms with Crippen molar-refractivity contribution in [3.63, 3.8) is 0 Å². The molecule has 0 bridgehead atoms. The lowest BCUT2D eigenvalue weighted by Crippen LogP contribution is -2.20. The van der Waals surface area contributed by atoms with Gasteiger partial charge in [0.15, 0.2) is 0 Å². The third-order valence-corrected chi connectivity index (χ3v) is 5.91. The van der Waals surface area contributed by atoms with Crippen LogP contribution in [0.5, 0.6) is 0 Å². The summed E-state index contributed by atoms with van der Waals surface area (Å²) < 4.78 is 0. The van der Waals surface area contributed by atoms with E-state index in [1.165, 1.54) is 64.2 Å². The summed E-state index contributed by atoms with van der Waals surface area (Å²) in [6.07, 6.45) is 15.2. The van der Waals surface area contributed by atoms with Gasteiger partial charge in [0.25, 0.3) is 0 Å². The molecule has 2 aliphatic rings. The number of hydrogen-bond acceptors (Lipinski definition) is 1. The minimum Gasteiger partial charge on any atom is -0.300 e. The molecule has 0 aromatic carbocycles. The van der Waals surface area contributed by atoms with E-state index in [2.05, 4.69) is 13.8 Å². The third kappa shape index (κ3) is 5.22. The summed E-state index contributed by atoms with van der Waals surface area (Å²) in [5, 5.41) is 0. The van der Waals surface area contributed by atoms with Crippen LogP contribution in [0.4, 0.5) is 0 Å². The third-order valence-electron chi connectivity index (χ3n) is 5.91. The summed E-state index contributed by atoms with van der Waals surface area (Å²) in [6.45, 7) is 4.70. The first-order chi connectivity index (χ1) is 9.65. The molecule has 0 amide bonds. The highest BCUT2D eigenvalue weighted by atomic mass is 16.1. The average molecular weight is 278 g/mol. The molecule has 0 unspecified atom stereocenters. The zero-order valence-electron chi connectivity index (χ0n) is 13.7. The van der Waals surface area contributed by atoms with Gasteiger partial charge in [-0.2, -0.15) is 0 Å². The van der Waals surface area contributed by atoms with Gasteiger partial charge < -0.3 is 0 Å². The molecule has 1 heteroatoms. The minimum absolute atomic E-state index is 0.559. The second-order valence-corrected chi connectivity index (χ2v) is 7.81. The Morgan fingerprint density at radius 1 is 0.900 bits per heavy atom. The maximum absolute atomic E-state index is 12.2. The number of rotatable bonds is 6. The normalized spacial score (nSPS) is 28.8. The Labute approximate surface area is 125 Å². The van der Waals surface area contributed by atoms with Crippen LogP contribution in [0.15, 0.2) is 0 Å². The summed E-state index contributed by atoms with van der Waals surface area (Å²) in [5.74, 6) is 3.89. The van der Waals surface area contributed by atoms with Crippen LogP contribution in [-0.2, 0) is 4.79 Å². The summed E-state index contributed by atoms with van der Waals surface area (Å²) in [7, 11) is 0. The Hall–Kier alpha value is -0.330. The summed E-state index contributed by atoms with van der Waals surface area (Å²) in [4.78, 5) is 12.2. The van der Waals surface area contributed by atoms with Crippen molar-refractivity contribution in [3.8, 4) is 0 Å².